The predicted octanol–water partition coefficient (Wildman–Crippen LogP) is 3.90. The maximum atomic E-state index is 13.0. The number of hydrogen-bond acceptors (Lipinski definition) is 3. The highest BCUT2D eigenvalue weighted by atomic mass is 35.5. The molecule has 1 N–H and O–H groups in total. The fourth-order valence-electron chi connectivity index (χ4n) is 2.20. The molecule has 2 rings (SSSR count). The number of benzene rings is 1. The molecule has 1 amide bonds. The van der Waals surface area contributed by atoms with E-state index in [4.69, 9.17) is 16.3 Å². The maximum Gasteiger partial charge on any atom is 0.410 e. The molecule has 1 fully saturated rings. The number of nitrogens with zero attached hydrogens (tertiary/aromatic N) is 1. The van der Waals surface area contributed by atoms with Gasteiger partial charge in [-0.05, 0) is 45.4 Å². The number of anilines is 1. The highest BCUT2D eigenvalue weighted by Gasteiger charge is 2.29. The van der Waals surface area contributed by atoms with Crippen molar-refractivity contribution in [2.24, 2.45) is 0 Å². The SMILES string of the molecule is CC(C)(C)OC(=O)N1CCC(Nc2ccc(F)cc2Cl)C1. The summed E-state index contributed by atoms with van der Waals surface area (Å²) in [5.74, 6) is -0.368. The second kappa shape index (κ2) is 6.10. The molecule has 0 saturated carbocycles. The number of carbonyl (C=O) groups excluding carboxylic acids is 1. The molecule has 1 aliphatic heterocycles. The summed E-state index contributed by atoms with van der Waals surface area (Å²) >= 11 is 5.99. The molecule has 1 aromatic rings. The molecule has 0 bridgehead atoms. The summed E-state index contributed by atoms with van der Waals surface area (Å²) in [6, 6.07) is 4.31. The van der Waals surface area contributed by atoms with E-state index in [9.17, 15) is 9.18 Å². The summed E-state index contributed by atoms with van der Waals surface area (Å²) < 4.78 is 18.3. The molecule has 0 radical (unpaired) electrons. The van der Waals surface area contributed by atoms with Crippen LogP contribution in [0.1, 0.15) is 27.2 Å². The lowest BCUT2D eigenvalue weighted by Crippen LogP contribution is -2.36. The molecule has 21 heavy (non-hydrogen) atoms. The van der Waals surface area contributed by atoms with Gasteiger partial charge in [0.25, 0.3) is 0 Å². The minimum atomic E-state index is -0.497. The number of hydrogen-bond donors (Lipinski definition) is 1. The summed E-state index contributed by atoms with van der Waals surface area (Å²) in [7, 11) is 0. The number of carbonyl (C=O) groups is 1. The fraction of sp³-hybridized carbons (Fsp3) is 0.533. The first-order valence-corrected chi connectivity index (χ1v) is 7.32. The van der Waals surface area contributed by atoms with E-state index in [-0.39, 0.29) is 18.0 Å². The Morgan fingerprint density at radius 3 is 2.81 bits per heavy atom. The molecular formula is C15H20ClFN2O2. The zero-order valence-electron chi connectivity index (χ0n) is 12.5. The lowest BCUT2D eigenvalue weighted by molar-refractivity contribution is 0.0293. The Hall–Kier alpha value is -1.49. The standard InChI is InChI=1S/C15H20ClFN2O2/c1-15(2,3)21-14(20)19-7-6-11(9-19)18-13-5-4-10(17)8-12(13)16/h4-5,8,11,18H,6-7,9H2,1-3H3. The van der Waals surface area contributed by atoms with Crippen LogP contribution in [0.5, 0.6) is 0 Å². The third-order valence-corrected chi connectivity index (χ3v) is 3.44. The first-order valence-electron chi connectivity index (χ1n) is 6.94. The Labute approximate surface area is 129 Å². The van der Waals surface area contributed by atoms with Crippen molar-refractivity contribution < 1.29 is 13.9 Å². The van der Waals surface area contributed by atoms with Crippen molar-refractivity contribution in [3.63, 3.8) is 0 Å². The highest BCUT2D eigenvalue weighted by Crippen LogP contribution is 2.25. The minimum absolute atomic E-state index is 0.0838. The van der Waals surface area contributed by atoms with Crippen molar-refractivity contribution in [3.8, 4) is 0 Å². The van der Waals surface area contributed by atoms with Gasteiger partial charge in [-0.2, -0.15) is 0 Å². The number of nitrogens with one attached hydrogen (secondary N) is 1. The zero-order chi connectivity index (χ0) is 15.6. The van der Waals surface area contributed by atoms with Gasteiger partial charge < -0.3 is 15.0 Å². The highest BCUT2D eigenvalue weighted by molar-refractivity contribution is 6.33. The number of halogens is 2. The molecule has 4 nitrogen and oxygen atoms in total. The van der Waals surface area contributed by atoms with E-state index < -0.39 is 5.60 Å². The van der Waals surface area contributed by atoms with Crippen molar-refractivity contribution in [2.45, 2.75) is 38.8 Å². The van der Waals surface area contributed by atoms with Crippen LogP contribution in [-0.4, -0.2) is 35.7 Å². The summed E-state index contributed by atoms with van der Waals surface area (Å²) in [5.41, 5.74) is 0.178. The van der Waals surface area contributed by atoms with E-state index in [0.717, 1.165) is 6.42 Å². The largest absolute Gasteiger partial charge is 0.444 e. The van der Waals surface area contributed by atoms with E-state index in [1.54, 1.807) is 11.0 Å². The molecule has 0 spiro atoms. The van der Waals surface area contributed by atoms with Gasteiger partial charge in [-0.3, -0.25) is 0 Å². The summed E-state index contributed by atoms with van der Waals surface area (Å²) in [6.45, 7) is 6.70. The van der Waals surface area contributed by atoms with Gasteiger partial charge in [0.2, 0.25) is 0 Å². The van der Waals surface area contributed by atoms with Crippen molar-refractivity contribution in [1.29, 1.82) is 0 Å². The molecule has 1 saturated heterocycles. The van der Waals surface area contributed by atoms with Gasteiger partial charge in [0.05, 0.1) is 10.7 Å². The van der Waals surface area contributed by atoms with Crippen molar-refractivity contribution in [3.05, 3.63) is 29.0 Å². The Morgan fingerprint density at radius 2 is 2.19 bits per heavy atom. The number of ether oxygens (including phenoxy) is 1. The second-order valence-electron chi connectivity index (χ2n) is 6.18. The first kappa shape index (κ1) is 15.9. The topological polar surface area (TPSA) is 41.6 Å². The van der Waals surface area contributed by atoms with Crippen LogP contribution in [-0.2, 0) is 4.74 Å². The van der Waals surface area contributed by atoms with Gasteiger partial charge in [0, 0.05) is 19.1 Å². The Morgan fingerprint density at radius 1 is 1.48 bits per heavy atom. The maximum absolute atomic E-state index is 13.0. The number of likely N-dealkylation sites (tertiary alicyclic amines) is 1. The van der Waals surface area contributed by atoms with Crippen LogP contribution in [0.2, 0.25) is 5.02 Å². The van der Waals surface area contributed by atoms with Crippen molar-refractivity contribution in [2.75, 3.05) is 18.4 Å². The Kier molecular flexibility index (Phi) is 4.61. The Bertz CT molecular complexity index is 531. The predicted molar refractivity (Wildman–Crippen MR) is 81.2 cm³/mol. The van der Waals surface area contributed by atoms with Crippen LogP contribution in [0.3, 0.4) is 0 Å². The smallest absolute Gasteiger partial charge is 0.410 e. The molecule has 1 aliphatic rings. The van der Waals surface area contributed by atoms with E-state index in [1.165, 1.54) is 12.1 Å². The van der Waals surface area contributed by atoms with Crippen LogP contribution in [0.4, 0.5) is 14.9 Å². The number of amides is 1. The summed E-state index contributed by atoms with van der Waals surface area (Å²) in [5, 5.41) is 3.57. The fourth-order valence-corrected chi connectivity index (χ4v) is 2.42. The first-order chi connectivity index (χ1) is 9.74. The average Bonchev–Trinajstić information content (AvgIpc) is 2.79. The third kappa shape index (κ3) is 4.49. The minimum Gasteiger partial charge on any atom is -0.444 e. The summed E-state index contributed by atoms with van der Waals surface area (Å²) in [6.07, 6.45) is 0.490. The van der Waals surface area contributed by atoms with Crippen LogP contribution >= 0.6 is 11.6 Å². The molecular weight excluding hydrogens is 295 g/mol. The van der Waals surface area contributed by atoms with Crippen LogP contribution in [0.25, 0.3) is 0 Å². The quantitative estimate of drug-likeness (QED) is 0.900. The third-order valence-electron chi connectivity index (χ3n) is 3.13. The van der Waals surface area contributed by atoms with Crippen LogP contribution < -0.4 is 5.32 Å². The molecule has 1 atom stereocenters. The van der Waals surface area contributed by atoms with Crippen LogP contribution in [0, 0.1) is 5.82 Å². The lowest BCUT2D eigenvalue weighted by atomic mass is 10.2. The van der Waals surface area contributed by atoms with Gasteiger partial charge >= 0.3 is 6.09 Å². The van der Waals surface area contributed by atoms with Gasteiger partial charge in [-0.25, -0.2) is 9.18 Å². The van der Waals surface area contributed by atoms with Crippen LogP contribution in [0.15, 0.2) is 18.2 Å². The number of rotatable bonds is 2. The average molecular weight is 315 g/mol. The van der Waals surface area contributed by atoms with E-state index in [1.807, 2.05) is 20.8 Å². The van der Waals surface area contributed by atoms with E-state index in [0.29, 0.717) is 23.8 Å². The van der Waals surface area contributed by atoms with Gasteiger partial charge in [0.1, 0.15) is 11.4 Å². The van der Waals surface area contributed by atoms with Gasteiger partial charge in [0.15, 0.2) is 0 Å². The molecule has 1 unspecified atom stereocenters. The lowest BCUT2D eigenvalue weighted by Gasteiger charge is -2.24. The summed E-state index contributed by atoms with van der Waals surface area (Å²) in [4.78, 5) is 13.6. The Balaban J connectivity index is 1.92. The normalized spacial score (nSPS) is 18.7. The van der Waals surface area contributed by atoms with E-state index >= 15 is 0 Å². The molecule has 116 valence electrons. The van der Waals surface area contributed by atoms with E-state index in [2.05, 4.69) is 5.32 Å². The van der Waals surface area contributed by atoms with Crippen molar-refractivity contribution in [1.82, 2.24) is 4.90 Å². The zero-order valence-corrected chi connectivity index (χ0v) is 13.2. The monoisotopic (exact) mass is 314 g/mol. The molecule has 0 aromatic heterocycles. The van der Waals surface area contributed by atoms with Crippen molar-refractivity contribution >= 4 is 23.4 Å². The van der Waals surface area contributed by atoms with Gasteiger partial charge in [-0.15, -0.1) is 0 Å². The second-order valence-corrected chi connectivity index (χ2v) is 6.59. The molecule has 1 heterocycles. The van der Waals surface area contributed by atoms with Gasteiger partial charge in [-0.1, -0.05) is 11.6 Å². The molecule has 6 heteroatoms. The molecule has 0 aliphatic carbocycles. The molecule has 1 aromatic carbocycles.